The number of ether oxygens (including phenoxy) is 1. The number of carbonyl (C=O) groups excluding carboxylic acids is 1. The summed E-state index contributed by atoms with van der Waals surface area (Å²) < 4.78 is 5.39. The summed E-state index contributed by atoms with van der Waals surface area (Å²) in [5, 5.41) is 8.52. The number of hydrogen-bond donors (Lipinski definition) is 1. The summed E-state index contributed by atoms with van der Waals surface area (Å²) >= 11 is 0. The first-order valence-corrected chi connectivity index (χ1v) is 9.65. The molecule has 1 aromatic rings. The van der Waals surface area contributed by atoms with Crippen LogP contribution in [0.25, 0.3) is 0 Å². The van der Waals surface area contributed by atoms with Gasteiger partial charge in [-0.2, -0.15) is 0 Å². The zero-order chi connectivity index (χ0) is 19.9. The van der Waals surface area contributed by atoms with E-state index in [0.717, 1.165) is 18.4 Å². The zero-order valence-electron chi connectivity index (χ0n) is 17.3. The topological polar surface area (TPSA) is 50.2 Å². The number of hydrogen-bond acceptors (Lipinski definition) is 3. The standard InChI is InChI=1S/C23H35NO2/c1-8-17(6)11-19-12-18(7)9-10-20(19)21(23(24)16(4)5)13-22(25)26-14-15(2)3/h9-10,12,15,17,21,24H,4,8,11,13-14H2,1-3,5-7H3/t17-,21-/m1/s1. The van der Waals surface area contributed by atoms with E-state index in [-0.39, 0.29) is 18.3 Å². The first-order chi connectivity index (χ1) is 12.1. The summed E-state index contributed by atoms with van der Waals surface area (Å²) in [5.41, 5.74) is 4.61. The molecule has 1 rings (SSSR count). The molecule has 0 amide bonds. The van der Waals surface area contributed by atoms with Crippen LogP contribution in [0.1, 0.15) is 70.1 Å². The third-order valence-electron chi connectivity index (χ3n) is 4.70. The third kappa shape index (κ3) is 6.78. The molecule has 3 heteroatoms. The highest BCUT2D eigenvalue weighted by Crippen LogP contribution is 2.30. The van der Waals surface area contributed by atoms with Crippen molar-refractivity contribution < 1.29 is 9.53 Å². The summed E-state index contributed by atoms with van der Waals surface area (Å²) in [6.45, 7) is 16.7. The van der Waals surface area contributed by atoms with Gasteiger partial charge in [0.15, 0.2) is 0 Å². The van der Waals surface area contributed by atoms with Crippen molar-refractivity contribution in [3.05, 3.63) is 47.0 Å². The average molecular weight is 358 g/mol. The van der Waals surface area contributed by atoms with Crippen molar-refractivity contribution in [3.8, 4) is 0 Å². The number of aryl methyl sites for hydroxylation is 1. The molecule has 144 valence electrons. The smallest absolute Gasteiger partial charge is 0.306 e. The first kappa shape index (κ1) is 22.1. The molecule has 26 heavy (non-hydrogen) atoms. The summed E-state index contributed by atoms with van der Waals surface area (Å²) in [6, 6.07) is 6.33. The molecule has 1 N–H and O–H groups in total. The molecular weight excluding hydrogens is 322 g/mol. The minimum atomic E-state index is -0.299. The van der Waals surface area contributed by atoms with Crippen molar-refractivity contribution in [3.63, 3.8) is 0 Å². The van der Waals surface area contributed by atoms with Gasteiger partial charge in [0.25, 0.3) is 0 Å². The minimum absolute atomic E-state index is 0.189. The number of allylic oxidation sites excluding steroid dienone is 1. The number of rotatable bonds is 10. The average Bonchev–Trinajstić information content (AvgIpc) is 2.57. The van der Waals surface area contributed by atoms with Gasteiger partial charge < -0.3 is 10.1 Å². The Morgan fingerprint density at radius 3 is 2.46 bits per heavy atom. The molecule has 0 radical (unpaired) electrons. The Hall–Kier alpha value is -1.90. The summed E-state index contributed by atoms with van der Waals surface area (Å²) in [6.07, 6.45) is 2.25. The summed E-state index contributed by atoms with van der Waals surface area (Å²) in [4.78, 5) is 12.4. The first-order valence-electron chi connectivity index (χ1n) is 9.65. The highest BCUT2D eigenvalue weighted by molar-refractivity contribution is 6.03. The Kier molecular flexibility index (Phi) is 8.77. The normalized spacial score (nSPS) is 13.3. The van der Waals surface area contributed by atoms with Crippen molar-refractivity contribution in [2.45, 2.75) is 66.7 Å². The molecule has 1 aromatic carbocycles. The fourth-order valence-corrected chi connectivity index (χ4v) is 2.92. The highest BCUT2D eigenvalue weighted by atomic mass is 16.5. The van der Waals surface area contributed by atoms with Gasteiger partial charge in [-0.3, -0.25) is 4.79 Å². The lowest BCUT2D eigenvalue weighted by Gasteiger charge is -2.23. The molecule has 0 aliphatic heterocycles. The van der Waals surface area contributed by atoms with Crippen LogP contribution in [0.2, 0.25) is 0 Å². The number of esters is 1. The Morgan fingerprint density at radius 2 is 1.92 bits per heavy atom. The predicted molar refractivity (Wildman–Crippen MR) is 110 cm³/mol. The van der Waals surface area contributed by atoms with Crippen LogP contribution in [-0.2, 0) is 16.0 Å². The molecule has 0 heterocycles. The van der Waals surface area contributed by atoms with Gasteiger partial charge in [-0.1, -0.05) is 64.5 Å². The lowest BCUT2D eigenvalue weighted by Crippen LogP contribution is -2.21. The van der Waals surface area contributed by atoms with E-state index in [1.807, 2.05) is 20.8 Å². The van der Waals surface area contributed by atoms with Crippen LogP contribution in [0.5, 0.6) is 0 Å². The lowest BCUT2D eigenvalue weighted by molar-refractivity contribution is -0.144. The van der Waals surface area contributed by atoms with Crippen molar-refractivity contribution in [2.75, 3.05) is 6.61 Å². The SMILES string of the molecule is C=C(C)C(=N)[C@H](CC(=O)OCC(C)C)c1ccc(C)cc1C[C@H](C)CC. The molecular formula is C23H35NO2. The van der Waals surface area contributed by atoms with Crippen molar-refractivity contribution in [2.24, 2.45) is 11.8 Å². The molecule has 0 spiro atoms. The van der Waals surface area contributed by atoms with E-state index in [2.05, 4.69) is 45.5 Å². The second kappa shape index (κ2) is 10.3. The van der Waals surface area contributed by atoms with Gasteiger partial charge >= 0.3 is 5.97 Å². The fourth-order valence-electron chi connectivity index (χ4n) is 2.92. The maximum atomic E-state index is 12.4. The van der Waals surface area contributed by atoms with E-state index < -0.39 is 0 Å². The summed E-state index contributed by atoms with van der Waals surface area (Å²) in [5.74, 6) is 0.318. The van der Waals surface area contributed by atoms with Gasteiger partial charge in [0.1, 0.15) is 0 Å². The second-order valence-electron chi connectivity index (χ2n) is 7.95. The predicted octanol–water partition coefficient (Wildman–Crippen LogP) is 5.85. The van der Waals surface area contributed by atoms with E-state index in [9.17, 15) is 4.79 Å². The Balaban J connectivity index is 3.19. The van der Waals surface area contributed by atoms with Crippen LogP contribution >= 0.6 is 0 Å². The Morgan fingerprint density at radius 1 is 1.27 bits per heavy atom. The minimum Gasteiger partial charge on any atom is -0.465 e. The molecule has 0 bridgehead atoms. The molecule has 2 atom stereocenters. The van der Waals surface area contributed by atoms with E-state index in [0.29, 0.717) is 29.7 Å². The third-order valence-corrected chi connectivity index (χ3v) is 4.70. The highest BCUT2D eigenvalue weighted by Gasteiger charge is 2.25. The van der Waals surface area contributed by atoms with Crippen LogP contribution in [0.4, 0.5) is 0 Å². The quantitative estimate of drug-likeness (QED) is 0.421. The van der Waals surface area contributed by atoms with Gasteiger partial charge in [0.2, 0.25) is 0 Å². The number of carbonyl (C=O) groups is 1. The molecule has 0 aliphatic carbocycles. The van der Waals surface area contributed by atoms with Crippen molar-refractivity contribution >= 4 is 11.7 Å². The lowest BCUT2D eigenvalue weighted by atomic mass is 9.82. The number of nitrogens with one attached hydrogen (secondary N) is 1. The van der Waals surface area contributed by atoms with Gasteiger partial charge in [-0.25, -0.2) is 0 Å². The molecule has 0 fully saturated rings. The molecule has 0 aromatic heterocycles. The Labute approximate surface area is 159 Å². The second-order valence-corrected chi connectivity index (χ2v) is 7.95. The van der Waals surface area contributed by atoms with Gasteiger partial charge in [-0.15, -0.1) is 0 Å². The van der Waals surface area contributed by atoms with Crippen LogP contribution in [0, 0.1) is 24.2 Å². The van der Waals surface area contributed by atoms with Crippen molar-refractivity contribution in [1.29, 1.82) is 5.41 Å². The van der Waals surface area contributed by atoms with Gasteiger partial charge in [0, 0.05) is 11.6 Å². The van der Waals surface area contributed by atoms with E-state index in [1.165, 1.54) is 11.1 Å². The maximum absolute atomic E-state index is 12.4. The molecule has 0 saturated carbocycles. The van der Waals surface area contributed by atoms with Gasteiger partial charge in [0.05, 0.1) is 13.0 Å². The molecule has 0 aliphatic rings. The van der Waals surface area contributed by atoms with E-state index >= 15 is 0 Å². The fraction of sp³-hybridized carbons (Fsp3) is 0.565. The molecule has 0 saturated heterocycles. The van der Waals surface area contributed by atoms with Gasteiger partial charge in [-0.05, 0) is 48.8 Å². The zero-order valence-corrected chi connectivity index (χ0v) is 17.3. The van der Waals surface area contributed by atoms with E-state index in [4.69, 9.17) is 10.1 Å². The molecule has 0 unspecified atom stereocenters. The van der Waals surface area contributed by atoms with Crippen LogP contribution in [0.15, 0.2) is 30.4 Å². The summed E-state index contributed by atoms with van der Waals surface area (Å²) in [7, 11) is 0. The van der Waals surface area contributed by atoms with Crippen molar-refractivity contribution in [1.82, 2.24) is 0 Å². The largest absolute Gasteiger partial charge is 0.465 e. The van der Waals surface area contributed by atoms with Crippen LogP contribution < -0.4 is 0 Å². The number of benzene rings is 1. The molecule has 3 nitrogen and oxygen atoms in total. The van der Waals surface area contributed by atoms with E-state index in [1.54, 1.807) is 0 Å². The maximum Gasteiger partial charge on any atom is 0.306 e. The monoisotopic (exact) mass is 357 g/mol. The Bertz CT molecular complexity index is 646. The van der Waals surface area contributed by atoms with Crippen LogP contribution in [-0.4, -0.2) is 18.3 Å². The van der Waals surface area contributed by atoms with Crippen LogP contribution in [0.3, 0.4) is 0 Å².